The summed E-state index contributed by atoms with van der Waals surface area (Å²) in [5.41, 5.74) is 2.93. The van der Waals surface area contributed by atoms with Crippen LogP contribution in [0.5, 0.6) is 11.5 Å². The molecule has 164 valence electrons. The predicted molar refractivity (Wildman–Crippen MR) is 121 cm³/mol. The second kappa shape index (κ2) is 6.35. The van der Waals surface area contributed by atoms with Gasteiger partial charge in [-0.15, -0.1) is 0 Å². The number of nitrogens with zero attached hydrogens (tertiary/aromatic N) is 2. The van der Waals surface area contributed by atoms with Gasteiger partial charge in [0.15, 0.2) is 11.5 Å². The molecule has 2 unspecified atom stereocenters. The zero-order valence-electron chi connectivity index (χ0n) is 18.3. The van der Waals surface area contributed by atoms with Gasteiger partial charge >= 0.3 is 0 Å². The van der Waals surface area contributed by atoms with Crippen molar-refractivity contribution in [1.29, 1.82) is 0 Å². The van der Waals surface area contributed by atoms with Crippen molar-refractivity contribution < 1.29 is 14.3 Å². The summed E-state index contributed by atoms with van der Waals surface area (Å²) in [6.45, 7) is 7.23. The van der Waals surface area contributed by atoms with Gasteiger partial charge in [0.25, 0.3) is 0 Å². The van der Waals surface area contributed by atoms with E-state index in [0.717, 1.165) is 40.8 Å². The molecule has 6 rings (SSSR count). The second-order valence-electron chi connectivity index (χ2n) is 9.79. The number of aromatic nitrogens is 2. The smallest absolute Gasteiger partial charge is 0.233 e. The fourth-order valence-corrected chi connectivity index (χ4v) is 6.06. The molecule has 1 aliphatic heterocycles. The summed E-state index contributed by atoms with van der Waals surface area (Å²) in [7, 11) is 0. The molecular weight excluding hydrogens is 426 g/mol. The number of hydrogen-bond acceptors (Lipinski definition) is 5. The van der Waals surface area contributed by atoms with Gasteiger partial charge in [0.05, 0.1) is 27.8 Å². The molecule has 7 heteroatoms. The normalized spacial score (nSPS) is 26.4. The Morgan fingerprint density at radius 3 is 2.28 bits per heavy atom. The van der Waals surface area contributed by atoms with Gasteiger partial charge in [-0.3, -0.25) is 4.79 Å². The molecular formula is C25H24ClN3O3. The molecule has 0 saturated heterocycles. The number of carbonyl (C=O) groups is 1. The summed E-state index contributed by atoms with van der Waals surface area (Å²) in [6.07, 6.45) is 1.65. The molecule has 2 aliphatic carbocycles. The van der Waals surface area contributed by atoms with E-state index in [1.54, 1.807) is 0 Å². The van der Waals surface area contributed by atoms with E-state index in [0.29, 0.717) is 23.1 Å². The van der Waals surface area contributed by atoms with E-state index in [2.05, 4.69) is 26.1 Å². The number of ether oxygens (including phenoxy) is 2. The number of nitrogens with one attached hydrogen (secondary N) is 1. The Morgan fingerprint density at radius 2 is 1.62 bits per heavy atom. The molecule has 3 aliphatic rings. The first-order valence-corrected chi connectivity index (χ1v) is 11.3. The van der Waals surface area contributed by atoms with E-state index in [1.807, 2.05) is 36.4 Å². The molecule has 1 amide bonds. The molecule has 0 radical (unpaired) electrons. The maximum absolute atomic E-state index is 13.9. The number of halogens is 1. The Morgan fingerprint density at radius 1 is 1.00 bits per heavy atom. The van der Waals surface area contributed by atoms with E-state index in [4.69, 9.17) is 31.0 Å². The summed E-state index contributed by atoms with van der Waals surface area (Å²) in [4.78, 5) is 23.9. The molecule has 1 saturated carbocycles. The van der Waals surface area contributed by atoms with Crippen LogP contribution in [0, 0.1) is 5.41 Å². The Hall–Kier alpha value is -2.86. The minimum atomic E-state index is -0.735. The molecule has 0 spiro atoms. The van der Waals surface area contributed by atoms with E-state index >= 15 is 0 Å². The summed E-state index contributed by atoms with van der Waals surface area (Å²) in [5.74, 6) is 1.37. The molecule has 2 heterocycles. The maximum atomic E-state index is 13.9. The van der Waals surface area contributed by atoms with E-state index in [9.17, 15) is 4.79 Å². The van der Waals surface area contributed by atoms with Gasteiger partial charge < -0.3 is 14.8 Å². The van der Waals surface area contributed by atoms with E-state index in [1.165, 1.54) is 0 Å². The third kappa shape index (κ3) is 2.33. The van der Waals surface area contributed by atoms with Crippen molar-refractivity contribution in [2.45, 2.75) is 51.0 Å². The number of rotatable bonds is 3. The molecule has 1 fully saturated rings. The molecule has 1 aromatic heterocycles. The van der Waals surface area contributed by atoms with Crippen molar-refractivity contribution in [1.82, 2.24) is 15.3 Å². The van der Waals surface area contributed by atoms with Gasteiger partial charge in [-0.05, 0) is 36.0 Å². The third-order valence-corrected chi connectivity index (χ3v) is 8.54. The highest BCUT2D eigenvalue weighted by molar-refractivity contribution is 6.30. The van der Waals surface area contributed by atoms with Crippen LogP contribution in [0.3, 0.4) is 0 Å². The summed E-state index contributed by atoms with van der Waals surface area (Å²) >= 11 is 6.00. The number of benzene rings is 2. The Bertz CT molecular complexity index is 1290. The lowest BCUT2D eigenvalue weighted by Crippen LogP contribution is -2.51. The second-order valence-corrected chi connectivity index (χ2v) is 10.2. The van der Waals surface area contributed by atoms with Crippen LogP contribution in [-0.4, -0.2) is 22.7 Å². The van der Waals surface area contributed by atoms with Crippen LogP contribution in [0.4, 0.5) is 0 Å². The SMILES string of the molecule is CC12CCC(C(=O)NCc3ccc(Cl)cc3)(c3nc4cc5c(cc4nc31)OCO5)C2(C)C. The van der Waals surface area contributed by atoms with Gasteiger partial charge in [-0.2, -0.15) is 0 Å². The monoisotopic (exact) mass is 449 g/mol. The number of carbonyl (C=O) groups excluding carboxylic acids is 1. The van der Waals surface area contributed by atoms with E-state index in [-0.39, 0.29) is 23.5 Å². The van der Waals surface area contributed by atoms with Crippen molar-refractivity contribution in [3.8, 4) is 11.5 Å². The lowest BCUT2D eigenvalue weighted by molar-refractivity contribution is -0.130. The summed E-state index contributed by atoms with van der Waals surface area (Å²) in [6, 6.07) is 11.3. The fourth-order valence-electron chi connectivity index (χ4n) is 5.93. The molecule has 2 atom stereocenters. The van der Waals surface area contributed by atoms with Crippen LogP contribution >= 0.6 is 11.6 Å². The highest BCUT2D eigenvalue weighted by atomic mass is 35.5. The molecule has 2 aromatic carbocycles. The van der Waals surface area contributed by atoms with Crippen LogP contribution in [0.15, 0.2) is 36.4 Å². The summed E-state index contributed by atoms with van der Waals surface area (Å²) in [5, 5.41) is 3.87. The largest absolute Gasteiger partial charge is 0.454 e. The number of fused-ring (bicyclic) bond motifs is 7. The Kier molecular flexibility index (Phi) is 3.93. The standard InChI is InChI=1S/C25H24ClN3O3/c1-23(2)24(3)8-9-25(23,22(30)27-12-14-4-6-15(26)7-5-14)21-20(24)28-16-10-18-19(32-13-31-18)11-17(16)29-21/h4-7,10-11H,8-9,12-13H2,1-3H3,(H,27,30). The van der Waals surface area contributed by atoms with Crippen LogP contribution in [0.2, 0.25) is 5.02 Å². The zero-order valence-corrected chi connectivity index (χ0v) is 19.0. The van der Waals surface area contributed by atoms with Crippen LogP contribution in [0.1, 0.15) is 50.6 Å². The van der Waals surface area contributed by atoms with Crippen molar-refractivity contribution >= 4 is 28.5 Å². The van der Waals surface area contributed by atoms with E-state index < -0.39 is 5.41 Å². The average Bonchev–Trinajstić information content (AvgIpc) is 3.35. The predicted octanol–water partition coefficient (Wildman–Crippen LogP) is 4.66. The Labute approximate surface area is 191 Å². The summed E-state index contributed by atoms with van der Waals surface area (Å²) < 4.78 is 11.1. The Balaban J connectivity index is 1.45. The lowest BCUT2D eigenvalue weighted by atomic mass is 9.63. The number of amides is 1. The maximum Gasteiger partial charge on any atom is 0.233 e. The van der Waals surface area contributed by atoms with Crippen molar-refractivity contribution in [3.63, 3.8) is 0 Å². The van der Waals surface area contributed by atoms with Crippen LogP contribution in [-0.2, 0) is 22.2 Å². The van der Waals surface area contributed by atoms with Crippen molar-refractivity contribution in [2.24, 2.45) is 5.41 Å². The first-order valence-electron chi connectivity index (χ1n) is 10.9. The van der Waals surface area contributed by atoms with Crippen LogP contribution in [0.25, 0.3) is 11.0 Å². The highest BCUT2D eigenvalue weighted by Gasteiger charge is 2.73. The fraction of sp³-hybridized carbons (Fsp3) is 0.400. The minimum Gasteiger partial charge on any atom is -0.454 e. The van der Waals surface area contributed by atoms with Gasteiger partial charge in [-0.25, -0.2) is 9.97 Å². The van der Waals surface area contributed by atoms with Crippen LogP contribution < -0.4 is 14.8 Å². The first-order chi connectivity index (χ1) is 15.3. The number of hydrogen-bond donors (Lipinski definition) is 1. The third-order valence-electron chi connectivity index (χ3n) is 8.29. The minimum absolute atomic E-state index is 0.00863. The molecule has 3 aromatic rings. The first kappa shape index (κ1) is 19.8. The van der Waals surface area contributed by atoms with Gasteiger partial charge in [0, 0.05) is 29.1 Å². The van der Waals surface area contributed by atoms with Gasteiger partial charge in [0.2, 0.25) is 12.7 Å². The highest BCUT2D eigenvalue weighted by Crippen LogP contribution is 2.70. The average molecular weight is 450 g/mol. The molecule has 1 N–H and O–H groups in total. The topological polar surface area (TPSA) is 73.3 Å². The van der Waals surface area contributed by atoms with Gasteiger partial charge in [-0.1, -0.05) is 44.5 Å². The molecule has 6 nitrogen and oxygen atoms in total. The van der Waals surface area contributed by atoms with Crippen molar-refractivity contribution in [3.05, 3.63) is 58.4 Å². The quantitative estimate of drug-likeness (QED) is 0.629. The molecule has 32 heavy (non-hydrogen) atoms. The van der Waals surface area contributed by atoms with Gasteiger partial charge in [0.1, 0.15) is 0 Å². The lowest BCUT2D eigenvalue weighted by Gasteiger charge is -2.39. The zero-order chi connectivity index (χ0) is 22.3. The molecule has 2 bridgehead atoms. The van der Waals surface area contributed by atoms with Crippen molar-refractivity contribution in [2.75, 3.05) is 6.79 Å².